The van der Waals surface area contributed by atoms with E-state index in [2.05, 4.69) is 30.7 Å². The van der Waals surface area contributed by atoms with Crippen molar-refractivity contribution in [2.24, 2.45) is 0 Å². The average Bonchev–Trinajstić information content (AvgIpc) is 2.05. The van der Waals surface area contributed by atoms with Crippen LogP contribution in [-0.4, -0.2) is 9.97 Å². The Labute approximate surface area is 67.7 Å². The molecule has 0 unspecified atom stereocenters. The molecule has 1 rings (SSSR count). The van der Waals surface area contributed by atoms with Crippen molar-refractivity contribution in [2.45, 2.75) is 33.1 Å². The monoisotopic (exact) mass is 150 g/mol. The molecule has 60 valence electrons. The Morgan fingerprint density at radius 2 is 1.82 bits per heavy atom. The maximum absolute atomic E-state index is 4.24. The highest BCUT2D eigenvalue weighted by molar-refractivity contribution is 5.05. The minimum Gasteiger partial charge on any atom is -0.241 e. The first-order chi connectivity index (χ1) is 5.24. The van der Waals surface area contributed by atoms with Gasteiger partial charge in [0.25, 0.3) is 0 Å². The largest absolute Gasteiger partial charge is 0.241 e. The van der Waals surface area contributed by atoms with E-state index in [1.165, 1.54) is 5.56 Å². The summed E-state index contributed by atoms with van der Waals surface area (Å²) in [7, 11) is 0. The Morgan fingerprint density at radius 1 is 1.27 bits per heavy atom. The van der Waals surface area contributed by atoms with Crippen LogP contribution in [0.2, 0.25) is 0 Å². The van der Waals surface area contributed by atoms with Crippen molar-refractivity contribution in [2.75, 3.05) is 0 Å². The van der Waals surface area contributed by atoms with Crippen molar-refractivity contribution >= 4 is 0 Å². The van der Waals surface area contributed by atoms with Gasteiger partial charge in [0.2, 0.25) is 0 Å². The maximum atomic E-state index is 4.24. The standard InChI is InChI=1S/C9H14N2/c1-4-8-5-10-9(7(2)3)11-6-8/h5-7H,4H2,1-3H3. The minimum atomic E-state index is 0.431. The maximum Gasteiger partial charge on any atom is 0.130 e. The van der Waals surface area contributed by atoms with Gasteiger partial charge in [-0.05, 0) is 12.0 Å². The molecule has 0 aliphatic carbocycles. The van der Waals surface area contributed by atoms with Crippen LogP contribution < -0.4 is 0 Å². The molecule has 0 saturated heterocycles. The van der Waals surface area contributed by atoms with E-state index >= 15 is 0 Å². The minimum absolute atomic E-state index is 0.431. The van der Waals surface area contributed by atoms with Crippen LogP contribution in [0.1, 0.15) is 38.1 Å². The van der Waals surface area contributed by atoms with Crippen LogP contribution in [0.15, 0.2) is 12.4 Å². The first-order valence-electron chi connectivity index (χ1n) is 4.04. The Bertz CT molecular complexity index is 214. The molecule has 0 aliphatic rings. The van der Waals surface area contributed by atoms with E-state index in [1.54, 1.807) is 0 Å². The van der Waals surface area contributed by atoms with Crippen molar-refractivity contribution in [1.29, 1.82) is 0 Å². The third-order valence-corrected chi connectivity index (χ3v) is 1.65. The fourth-order valence-electron chi connectivity index (χ4n) is 0.845. The highest BCUT2D eigenvalue weighted by Gasteiger charge is 2.00. The Morgan fingerprint density at radius 3 is 2.18 bits per heavy atom. The quantitative estimate of drug-likeness (QED) is 0.645. The third kappa shape index (κ3) is 2.00. The highest BCUT2D eigenvalue weighted by atomic mass is 14.9. The predicted molar refractivity (Wildman–Crippen MR) is 45.5 cm³/mol. The first-order valence-corrected chi connectivity index (χ1v) is 4.04. The third-order valence-electron chi connectivity index (χ3n) is 1.65. The zero-order chi connectivity index (χ0) is 8.27. The Balaban J connectivity index is 2.83. The summed E-state index contributed by atoms with van der Waals surface area (Å²) in [4.78, 5) is 8.48. The van der Waals surface area contributed by atoms with Crippen molar-refractivity contribution in [3.05, 3.63) is 23.8 Å². The van der Waals surface area contributed by atoms with E-state index in [9.17, 15) is 0 Å². The zero-order valence-electron chi connectivity index (χ0n) is 7.33. The molecule has 2 heteroatoms. The van der Waals surface area contributed by atoms with Crippen LogP contribution in [0.25, 0.3) is 0 Å². The van der Waals surface area contributed by atoms with Gasteiger partial charge in [-0.3, -0.25) is 0 Å². The van der Waals surface area contributed by atoms with Crippen molar-refractivity contribution in [3.8, 4) is 0 Å². The second kappa shape index (κ2) is 3.46. The molecule has 1 heterocycles. The van der Waals surface area contributed by atoms with E-state index in [4.69, 9.17) is 0 Å². The predicted octanol–water partition coefficient (Wildman–Crippen LogP) is 2.16. The van der Waals surface area contributed by atoms with Crippen LogP contribution in [0.4, 0.5) is 0 Å². The fourth-order valence-corrected chi connectivity index (χ4v) is 0.845. The van der Waals surface area contributed by atoms with Crippen molar-refractivity contribution in [3.63, 3.8) is 0 Å². The lowest BCUT2D eigenvalue weighted by atomic mass is 10.2. The van der Waals surface area contributed by atoms with Crippen LogP contribution in [-0.2, 0) is 6.42 Å². The summed E-state index contributed by atoms with van der Waals surface area (Å²) >= 11 is 0. The van der Waals surface area contributed by atoms with Gasteiger partial charge in [-0.25, -0.2) is 9.97 Å². The van der Waals surface area contributed by atoms with E-state index in [0.29, 0.717) is 5.92 Å². The first kappa shape index (κ1) is 8.18. The Kier molecular flexibility index (Phi) is 2.58. The number of hydrogen-bond donors (Lipinski definition) is 0. The average molecular weight is 150 g/mol. The van der Waals surface area contributed by atoms with Gasteiger partial charge in [-0.2, -0.15) is 0 Å². The summed E-state index contributed by atoms with van der Waals surface area (Å²) in [6, 6.07) is 0. The van der Waals surface area contributed by atoms with Gasteiger partial charge < -0.3 is 0 Å². The molecule has 0 fully saturated rings. The molecule has 0 N–H and O–H groups in total. The number of aryl methyl sites for hydroxylation is 1. The topological polar surface area (TPSA) is 25.8 Å². The lowest BCUT2D eigenvalue weighted by molar-refractivity contribution is 0.768. The molecule has 0 atom stereocenters. The summed E-state index contributed by atoms with van der Waals surface area (Å²) in [5, 5.41) is 0. The summed E-state index contributed by atoms with van der Waals surface area (Å²) in [5.74, 6) is 1.36. The molecule has 1 aromatic heterocycles. The van der Waals surface area contributed by atoms with Crippen molar-refractivity contribution < 1.29 is 0 Å². The van der Waals surface area contributed by atoms with Crippen LogP contribution in [0.3, 0.4) is 0 Å². The smallest absolute Gasteiger partial charge is 0.130 e. The summed E-state index contributed by atoms with van der Waals surface area (Å²) < 4.78 is 0. The Hall–Kier alpha value is -0.920. The van der Waals surface area contributed by atoms with E-state index in [-0.39, 0.29) is 0 Å². The van der Waals surface area contributed by atoms with Crippen LogP contribution in [0.5, 0.6) is 0 Å². The summed E-state index contributed by atoms with van der Waals surface area (Å²) in [6.45, 7) is 6.30. The molecule has 0 spiro atoms. The van der Waals surface area contributed by atoms with Gasteiger partial charge in [0.15, 0.2) is 0 Å². The van der Waals surface area contributed by atoms with Gasteiger partial charge in [-0.15, -0.1) is 0 Å². The van der Waals surface area contributed by atoms with Gasteiger partial charge in [0.1, 0.15) is 5.82 Å². The molecule has 0 amide bonds. The van der Waals surface area contributed by atoms with E-state index in [1.807, 2.05) is 12.4 Å². The van der Waals surface area contributed by atoms with Crippen LogP contribution in [0, 0.1) is 0 Å². The molecule has 1 aromatic rings. The van der Waals surface area contributed by atoms with Crippen LogP contribution >= 0.6 is 0 Å². The molecule has 0 radical (unpaired) electrons. The molecule has 2 nitrogen and oxygen atoms in total. The van der Waals surface area contributed by atoms with Gasteiger partial charge in [0.05, 0.1) is 0 Å². The summed E-state index contributed by atoms with van der Waals surface area (Å²) in [6.07, 6.45) is 4.82. The SMILES string of the molecule is CCc1cnc(C(C)C)nc1. The molecule has 0 bridgehead atoms. The zero-order valence-corrected chi connectivity index (χ0v) is 7.33. The van der Waals surface area contributed by atoms with Gasteiger partial charge in [-0.1, -0.05) is 20.8 Å². The van der Waals surface area contributed by atoms with E-state index in [0.717, 1.165) is 12.2 Å². The molecule has 11 heavy (non-hydrogen) atoms. The number of hydrogen-bond acceptors (Lipinski definition) is 2. The number of aromatic nitrogens is 2. The normalized spacial score (nSPS) is 10.5. The van der Waals surface area contributed by atoms with Gasteiger partial charge >= 0.3 is 0 Å². The summed E-state index contributed by atoms with van der Waals surface area (Å²) in [5.41, 5.74) is 1.20. The molecule has 0 saturated carbocycles. The van der Waals surface area contributed by atoms with E-state index < -0.39 is 0 Å². The molecule has 0 aromatic carbocycles. The lowest BCUT2D eigenvalue weighted by Crippen LogP contribution is -1.97. The number of rotatable bonds is 2. The lowest BCUT2D eigenvalue weighted by Gasteiger charge is -2.02. The second-order valence-corrected chi connectivity index (χ2v) is 2.96. The fraction of sp³-hybridized carbons (Fsp3) is 0.556. The van der Waals surface area contributed by atoms with Crippen molar-refractivity contribution in [1.82, 2.24) is 9.97 Å². The van der Waals surface area contributed by atoms with Gasteiger partial charge in [0, 0.05) is 18.3 Å². The number of nitrogens with zero attached hydrogens (tertiary/aromatic N) is 2. The molecular weight excluding hydrogens is 136 g/mol. The molecular formula is C9H14N2. The highest BCUT2D eigenvalue weighted by Crippen LogP contribution is 2.07. The second-order valence-electron chi connectivity index (χ2n) is 2.96. The molecule has 0 aliphatic heterocycles.